The van der Waals surface area contributed by atoms with E-state index in [4.69, 9.17) is 23.1 Å². The van der Waals surface area contributed by atoms with Gasteiger partial charge < -0.3 is 10.8 Å². The number of aliphatic hydroxyl groups excluding tert-OH is 1. The molecule has 1 aromatic heterocycles. The van der Waals surface area contributed by atoms with Crippen LogP contribution in [0.5, 0.6) is 0 Å². The first-order valence-corrected chi connectivity index (χ1v) is 8.17. The first kappa shape index (κ1) is 15.3. The molecule has 0 spiro atoms. The van der Waals surface area contributed by atoms with E-state index >= 15 is 0 Å². The van der Waals surface area contributed by atoms with Crippen molar-refractivity contribution in [2.45, 2.75) is 17.7 Å². The fraction of sp³-hybridized carbons (Fsp3) is 0.500. The Labute approximate surface area is 123 Å². The fourth-order valence-electron chi connectivity index (χ4n) is 2.16. The highest BCUT2D eigenvalue weighted by molar-refractivity contribution is 7.89. The first-order chi connectivity index (χ1) is 9.45. The van der Waals surface area contributed by atoms with Crippen LogP contribution in [-0.2, 0) is 10.0 Å². The molecule has 1 saturated heterocycles. The normalized spacial score (nSPS) is 18.1. The Balaban J connectivity index is 2.16. The molecule has 2 heterocycles. The zero-order chi connectivity index (χ0) is 14.8. The minimum absolute atomic E-state index is 0.109. The monoisotopic (exact) mass is 315 g/mol. The Morgan fingerprint density at radius 1 is 1.45 bits per heavy atom. The van der Waals surface area contributed by atoms with Crippen molar-refractivity contribution in [3.8, 4) is 0 Å². The second-order valence-electron chi connectivity index (χ2n) is 4.77. The van der Waals surface area contributed by atoms with E-state index in [-0.39, 0.29) is 22.4 Å². The molecular formula is C12H17N3O3S2. The van der Waals surface area contributed by atoms with Crippen LogP contribution in [0.3, 0.4) is 0 Å². The summed E-state index contributed by atoms with van der Waals surface area (Å²) >= 11 is 4.78. The van der Waals surface area contributed by atoms with E-state index in [1.54, 1.807) is 0 Å². The fourth-order valence-corrected chi connectivity index (χ4v) is 3.70. The average Bonchev–Trinajstić information content (AvgIpc) is 2.47. The molecular weight excluding hydrogens is 298 g/mol. The molecule has 8 heteroatoms. The number of aromatic nitrogens is 1. The van der Waals surface area contributed by atoms with Gasteiger partial charge in [-0.3, -0.25) is 4.98 Å². The van der Waals surface area contributed by atoms with Gasteiger partial charge in [0.2, 0.25) is 10.0 Å². The van der Waals surface area contributed by atoms with Gasteiger partial charge in [-0.2, -0.15) is 4.31 Å². The van der Waals surface area contributed by atoms with Gasteiger partial charge >= 0.3 is 0 Å². The molecule has 110 valence electrons. The molecule has 1 aliphatic heterocycles. The summed E-state index contributed by atoms with van der Waals surface area (Å²) in [6, 6.07) is 2.98. The zero-order valence-corrected chi connectivity index (χ0v) is 12.5. The third-order valence-electron chi connectivity index (χ3n) is 3.46. The first-order valence-electron chi connectivity index (χ1n) is 6.32. The molecule has 0 bridgehead atoms. The van der Waals surface area contributed by atoms with E-state index in [1.165, 1.54) is 22.6 Å². The highest BCUT2D eigenvalue weighted by Gasteiger charge is 2.29. The maximum Gasteiger partial charge on any atom is 0.244 e. The minimum Gasteiger partial charge on any atom is -0.396 e. The van der Waals surface area contributed by atoms with Crippen molar-refractivity contribution in [1.29, 1.82) is 0 Å². The molecule has 0 amide bonds. The summed E-state index contributed by atoms with van der Waals surface area (Å²) in [7, 11) is -3.53. The second kappa shape index (κ2) is 6.13. The minimum atomic E-state index is -3.53. The topological polar surface area (TPSA) is 96.5 Å². The van der Waals surface area contributed by atoms with Gasteiger partial charge in [0.05, 0.1) is 5.69 Å². The lowest BCUT2D eigenvalue weighted by atomic mass is 10.00. The van der Waals surface area contributed by atoms with Crippen LogP contribution in [0.15, 0.2) is 23.2 Å². The van der Waals surface area contributed by atoms with E-state index in [2.05, 4.69) is 4.98 Å². The molecule has 1 aliphatic rings. The molecule has 0 atom stereocenters. The summed E-state index contributed by atoms with van der Waals surface area (Å²) in [5, 5.41) is 9.08. The number of nitrogens with zero attached hydrogens (tertiary/aromatic N) is 2. The van der Waals surface area contributed by atoms with Crippen molar-refractivity contribution < 1.29 is 13.5 Å². The van der Waals surface area contributed by atoms with Gasteiger partial charge in [-0.25, -0.2) is 8.42 Å². The van der Waals surface area contributed by atoms with E-state index in [0.717, 1.165) is 0 Å². The lowest BCUT2D eigenvalue weighted by molar-refractivity contribution is 0.170. The second-order valence-corrected chi connectivity index (χ2v) is 7.15. The summed E-state index contributed by atoms with van der Waals surface area (Å²) in [5.74, 6) is 0.191. The van der Waals surface area contributed by atoms with E-state index in [1.807, 2.05) is 0 Å². The van der Waals surface area contributed by atoms with Crippen LogP contribution in [0.25, 0.3) is 0 Å². The number of pyridine rings is 1. The number of aliphatic hydroxyl groups is 1. The summed E-state index contributed by atoms with van der Waals surface area (Å²) in [6.07, 6.45) is 2.63. The molecule has 20 heavy (non-hydrogen) atoms. The van der Waals surface area contributed by atoms with E-state index in [9.17, 15) is 8.42 Å². The number of nitrogens with two attached hydrogens (primary N) is 1. The van der Waals surface area contributed by atoms with Crippen molar-refractivity contribution in [1.82, 2.24) is 9.29 Å². The summed E-state index contributed by atoms with van der Waals surface area (Å²) < 4.78 is 26.3. The van der Waals surface area contributed by atoms with Gasteiger partial charge in [0.1, 0.15) is 9.88 Å². The molecule has 0 aromatic carbocycles. The predicted molar refractivity (Wildman–Crippen MR) is 78.7 cm³/mol. The molecule has 0 radical (unpaired) electrons. The Kier molecular flexibility index (Phi) is 4.69. The van der Waals surface area contributed by atoms with Crippen molar-refractivity contribution in [2.24, 2.45) is 11.7 Å². The number of hydrogen-bond donors (Lipinski definition) is 2. The van der Waals surface area contributed by atoms with Crippen LogP contribution in [0, 0.1) is 5.92 Å². The largest absolute Gasteiger partial charge is 0.396 e. The van der Waals surface area contributed by atoms with Crippen molar-refractivity contribution in [3.05, 3.63) is 24.0 Å². The molecule has 3 N–H and O–H groups in total. The highest BCUT2D eigenvalue weighted by Crippen LogP contribution is 2.23. The zero-order valence-electron chi connectivity index (χ0n) is 10.9. The van der Waals surface area contributed by atoms with E-state index < -0.39 is 10.0 Å². The van der Waals surface area contributed by atoms with Gasteiger partial charge in [0, 0.05) is 25.9 Å². The molecule has 0 unspecified atom stereocenters. The summed E-state index contributed by atoms with van der Waals surface area (Å²) in [6.45, 7) is 0.952. The van der Waals surface area contributed by atoms with E-state index in [0.29, 0.717) is 31.6 Å². The smallest absolute Gasteiger partial charge is 0.244 e. The van der Waals surface area contributed by atoms with Crippen molar-refractivity contribution >= 4 is 27.2 Å². The third-order valence-corrected chi connectivity index (χ3v) is 5.55. The number of hydrogen-bond acceptors (Lipinski definition) is 5. The quantitative estimate of drug-likeness (QED) is 0.766. The van der Waals surface area contributed by atoms with Crippen LogP contribution in [0.1, 0.15) is 18.5 Å². The van der Waals surface area contributed by atoms with Crippen LogP contribution in [0.2, 0.25) is 0 Å². The summed E-state index contributed by atoms with van der Waals surface area (Å²) in [5.41, 5.74) is 5.83. The van der Waals surface area contributed by atoms with Gasteiger partial charge in [-0.15, -0.1) is 0 Å². The van der Waals surface area contributed by atoms with Crippen LogP contribution < -0.4 is 5.73 Å². The lowest BCUT2D eigenvalue weighted by Gasteiger charge is -2.30. The Bertz CT molecular complexity index is 578. The van der Waals surface area contributed by atoms with Crippen molar-refractivity contribution in [3.63, 3.8) is 0 Å². The number of thiocarbonyl (C=S) groups is 1. The number of piperidine rings is 1. The molecule has 0 saturated carbocycles. The van der Waals surface area contributed by atoms with Gasteiger partial charge in [-0.1, -0.05) is 12.2 Å². The Morgan fingerprint density at radius 3 is 2.55 bits per heavy atom. The Morgan fingerprint density at radius 2 is 2.10 bits per heavy atom. The standard InChI is InChI=1S/C12H17N3O3S2/c13-12(19)11-2-1-10(7-14-11)20(17,18)15-5-3-9(8-16)4-6-15/h1-2,7,9,16H,3-6,8H2,(H2,13,19). The SMILES string of the molecule is NC(=S)c1ccc(S(=O)(=O)N2CCC(CO)CC2)cn1. The maximum absolute atomic E-state index is 12.4. The molecule has 2 rings (SSSR count). The number of rotatable bonds is 4. The summed E-state index contributed by atoms with van der Waals surface area (Å²) in [4.78, 5) is 4.23. The van der Waals surface area contributed by atoms with Gasteiger partial charge in [-0.05, 0) is 30.9 Å². The third kappa shape index (κ3) is 3.14. The van der Waals surface area contributed by atoms with Crippen LogP contribution in [0.4, 0.5) is 0 Å². The van der Waals surface area contributed by atoms with Gasteiger partial charge in [0.25, 0.3) is 0 Å². The maximum atomic E-state index is 12.4. The lowest BCUT2D eigenvalue weighted by Crippen LogP contribution is -2.39. The van der Waals surface area contributed by atoms with Gasteiger partial charge in [0.15, 0.2) is 0 Å². The number of sulfonamides is 1. The molecule has 0 aliphatic carbocycles. The molecule has 1 fully saturated rings. The highest BCUT2D eigenvalue weighted by atomic mass is 32.2. The van der Waals surface area contributed by atoms with Crippen LogP contribution in [-0.4, -0.2) is 47.5 Å². The Hall–Kier alpha value is -1.09. The van der Waals surface area contributed by atoms with Crippen LogP contribution >= 0.6 is 12.2 Å². The molecule has 6 nitrogen and oxygen atoms in total. The van der Waals surface area contributed by atoms with Crippen molar-refractivity contribution in [2.75, 3.05) is 19.7 Å². The average molecular weight is 315 g/mol. The predicted octanol–water partition coefficient (Wildman–Crippen LogP) is 0.109. The molecule has 1 aromatic rings.